The van der Waals surface area contributed by atoms with Gasteiger partial charge in [-0.1, -0.05) is 26.0 Å². The molecule has 0 N–H and O–H groups in total. The summed E-state index contributed by atoms with van der Waals surface area (Å²) in [5.74, 6) is 1.37. The number of carbonyl (C=O) groups excluding carboxylic acids is 1. The van der Waals surface area contributed by atoms with Gasteiger partial charge in [0.15, 0.2) is 0 Å². The monoisotopic (exact) mass is 355 g/mol. The molecule has 1 amide bonds. The Hall–Kier alpha value is -1.88. The average Bonchev–Trinajstić information content (AvgIpc) is 2.98. The highest BCUT2D eigenvalue weighted by atomic mass is 32.1. The molecule has 1 atom stereocenters. The normalized spacial score (nSPS) is 25.1. The van der Waals surface area contributed by atoms with Crippen molar-refractivity contribution in [2.75, 3.05) is 31.1 Å². The molecule has 1 saturated carbocycles. The largest absolute Gasteiger partial charge is 0.353 e. The second-order valence-electron chi connectivity index (χ2n) is 7.87. The Morgan fingerprint density at radius 2 is 1.88 bits per heavy atom. The van der Waals surface area contributed by atoms with Gasteiger partial charge in [-0.2, -0.15) is 0 Å². The Morgan fingerprint density at radius 3 is 2.44 bits per heavy atom. The minimum absolute atomic E-state index is 0.0592. The van der Waals surface area contributed by atoms with E-state index in [4.69, 9.17) is 0 Å². The number of piperazine rings is 1. The number of anilines is 1. The van der Waals surface area contributed by atoms with E-state index >= 15 is 0 Å². The molecule has 2 aliphatic rings. The fourth-order valence-electron chi connectivity index (χ4n) is 4.23. The van der Waals surface area contributed by atoms with Crippen molar-refractivity contribution in [3.05, 3.63) is 46.3 Å². The molecule has 2 aromatic heterocycles. The topological polar surface area (TPSA) is 36.4 Å². The first-order chi connectivity index (χ1) is 12.0. The van der Waals surface area contributed by atoms with Gasteiger partial charge in [0.2, 0.25) is 5.91 Å². The number of rotatable bonds is 3. The molecular weight excluding hydrogens is 330 g/mol. The van der Waals surface area contributed by atoms with Gasteiger partial charge in [0.05, 0.1) is 5.41 Å². The van der Waals surface area contributed by atoms with E-state index in [0.29, 0.717) is 5.91 Å². The van der Waals surface area contributed by atoms with Crippen molar-refractivity contribution in [3.8, 4) is 0 Å². The van der Waals surface area contributed by atoms with E-state index in [1.54, 1.807) is 11.3 Å². The van der Waals surface area contributed by atoms with Gasteiger partial charge in [-0.05, 0) is 41.8 Å². The van der Waals surface area contributed by atoms with Crippen LogP contribution in [0, 0.1) is 12.3 Å². The predicted octanol–water partition coefficient (Wildman–Crippen LogP) is 3.47. The van der Waals surface area contributed by atoms with Crippen LogP contribution in [0.2, 0.25) is 0 Å². The van der Waals surface area contributed by atoms with Gasteiger partial charge in [-0.25, -0.2) is 4.98 Å². The number of aromatic nitrogens is 1. The summed E-state index contributed by atoms with van der Waals surface area (Å²) in [5, 5.41) is 2.08. The lowest BCUT2D eigenvalue weighted by molar-refractivity contribution is -0.135. The molecule has 4 nitrogen and oxygen atoms in total. The summed E-state index contributed by atoms with van der Waals surface area (Å²) in [4.78, 5) is 23.5. The van der Waals surface area contributed by atoms with Crippen LogP contribution in [0.25, 0.3) is 0 Å². The van der Waals surface area contributed by atoms with Crippen molar-refractivity contribution in [3.63, 3.8) is 0 Å². The van der Waals surface area contributed by atoms with Crippen molar-refractivity contribution in [2.24, 2.45) is 5.41 Å². The highest BCUT2D eigenvalue weighted by Gasteiger charge is 2.68. The zero-order valence-electron chi connectivity index (χ0n) is 15.2. The average molecular weight is 356 g/mol. The summed E-state index contributed by atoms with van der Waals surface area (Å²) in [5.41, 5.74) is 0.953. The third kappa shape index (κ3) is 2.56. The maximum Gasteiger partial charge on any atom is 0.234 e. The van der Waals surface area contributed by atoms with Crippen LogP contribution in [-0.4, -0.2) is 42.0 Å². The summed E-state index contributed by atoms with van der Waals surface area (Å²) in [6.07, 6.45) is 2.80. The molecule has 3 heterocycles. The molecule has 0 spiro atoms. The standard InChI is InChI=1S/C20H25N3OS/c1-15-6-4-8-21-17(15)22-9-11-23(12-10-22)18(24)20(14-19(20,2)3)16-7-5-13-25-16/h4-8,13H,9-12,14H2,1-3H3/t20-/m0/s1. The van der Waals surface area contributed by atoms with E-state index < -0.39 is 0 Å². The lowest BCUT2D eigenvalue weighted by Gasteiger charge is -2.38. The lowest BCUT2D eigenvalue weighted by Crippen LogP contribution is -2.52. The van der Waals surface area contributed by atoms with E-state index in [1.807, 2.05) is 12.3 Å². The SMILES string of the molecule is Cc1cccnc1N1CCN(C(=O)[C@@]2(c3cccs3)CC2(C)C)CC1. The molecule has 0 radical (unpaired) electrons. The number of hydrogen-bond acceptors (Lipinski definition) is 4. The second-order valence-corrected chi connectivity index (χ2v) is 8.81. The van der Waals surface area contributed by atoms with Crippen LogP contribution >= 0.6 is 11.3 Å². The smallest absolute Gasteiger partial charge is 0.234 e. The molecule has 2 fully saturated rings. The van der Waals surface area contributed by atoms with Crippen LogP contribution < -0.4 is 4.90 Å². The van der Waals surface area contributed by atoms with E-state index in [2.05, 4.69) is 59.1 Å². The van der Waals surface area contributed by atoms with E-state index in [1.165, 1.54) is 10.4 Å². The lowest BCUT2D eigenvalue weighted by atomic mass is 9.92. The molecule has 0 bridgehead atoms. The molecule has 132 valence electrons. The molecule has 1 aliphatic heterocycles. The van der Waals surface area contributed by atoms with Gasteiger partial charge in [0.25, 0.3) is 0 Å². The van der Waals surface area contributed by atoms with Crippen LogP contribution in [0.5, 0.6) is 0 Å². The summed E-state index contributed by atoms with van der Waals surface area (Å²) in [6.45, 7) is 9.79. The van der Waals surface area contributed by atoms with Crippen molar-refractivity contribution < 1.29 is 4.79 Å². The Balaban J connectivity index is 1.50. The van der Waals surface area contributed by atoms with Crippen LogP contribution in [0.3, 0.4) is 0 Å². The van der Waals surface area contributed by atoms with Gasteiger partial charge < -0.3 is 9.80 Å². The molecule has 1 aliphatic carbocycles. The zero-order chi connectivity index (χ0) is 17.7. The molecule has 0 unspecified atom stereocenters. The minimum Gasteiger partial charge on any atom is -0.353 e. The van der Waals surface area contributed by atoms with Crippen molar-refractivity contribution in [1.29, 1.82) is 0 Å². The highest BCUT2D eigenvalue weighted by Crippen LogP contribution is 2.66. The Bertz CT molecular complexity index is 778. The fourth-order valence-corrected chi connectivity index (χ4v) is 5.33. The third-order valence-corrected chi connectivity index (χ3v) is 6.92. The Morgan fingerprint density at radius 1 is 1.16 bits per heavy atom. The van der Waals surface area contributed by atoms with Crippen LogP contribution in [0.1, 0.15) is 30.7 Å². The molecule has 2 aromatic rings. The highest BCUT2D eigenvalue weighted by molar-refractivity contribution is 7.10. The summed E-state index contributed by atoms with van der Waals surface area (Å²) in [6, 6.07) is 8.26. The van der Waals surface area contributed by atoms with Gasteiger partial charge in [0.1, 0.15) is 5.82 Å². The van der Waals surface area contributed by atoms with Gasteiger partial charge in [-0.15, -0.1) is 11.3 Å². The number of nitrogens with zero attached hydrogens (tertiary/aromatic N) is 3. The van der Waals surface area contributed by atoms with Crippen LogP contribution in [0.15, 0.2) is 35.8 Å². The molecule has 4 rings (SSSR count). The van der Waals surface area contributed by atoms with Gasteiger partial charge in [0, 0.05) is 37.3 Å². The fraction of sp³-hybridized carbons (Fsp3) is 0.500. The Kier molecular flexibility index (Phi) is 3.87. The second kappa shape index (κ2) is 5.84. The van der Waals surface area contributed by atoms with Crippen molar-refractivity contribution in [2.45, 2.75) is 32.6 Å². The van der Waals surface area contributed by atoms with Crippen molar-refractivity contribution >= 4 is 23.1 Å². The quantitative estimate of drug-likeness (QED) is 0.846. The number of hydrogen-bond donors (Lipinski definition) is 0. The summed E-state index contributed by atoms with van der Waals surface area (Å²) < 4.78 is 0. The number of thiophene rings is 1. The van der Waals surface area contributed by atoms with E-state index in [9.17, 15) is 4.79 Å². The third-order valence-electron chi connectivity index (χ3n) is 5.89. The summed E-state index contributed by atoms with van der Waals surface area (Å²) >= 11 is 1.72. The molecule has 25 heavy (non-hydrogen) atoms. The van der Waals surface area contributed by atoms with E-state index in [-0.39, 0.29) is 10.8 Å². The predicted molar refractivity (Wildman–Crippen MR) is 102 cm³/mol. The van der Waals surface area contributed by atoms with Gasteiger partial charge >= 0.3 is 0 Å². The van der Waals surface area contributed by atoms with E-state index in [0.717, 1.165) is 38.4 Å². The van der Waals surface area contributed by atoms with Crippen LogP contribution in [0.4, 0.5) is 5.82 Å². The van der Waals surface area contributed by atoms with Crippen molar-refractivity contribution in [1.82, 2.24) is 9.88 Å². The molecular formula is C20H25N3OS. The van der Waals surface area contributed by atoms with Crippen LogP contribution in [-0.2, 0) is 10.2 Å². The number of carbonyl (C=O) groups is 1. The molecule has 5 heteroatoms. The maximum absolute atomic E-state index is 13.4. The first-order valence-corrected chi connectivity index (χ1v) is 9.84. The van der Waals surface area contributed by atoms with Gasteiger partial charge in [-0.3, -0.25) is 4.79 Å². The maximum atomic E-state index is 13.4. The Labute approximate surface area is 153 Å². The molecule has 1 saturated heterocycles. The molecule has 0 aromatic carbocycles. The minimum atomic E-state index is -0.301. The number of aryl methyl sites for hydroxylation is 1. The number of pyridine rings is 1. The summed E-state index contributed by atoms with van der Waals surface area (Å²) in [7, 11) is 0. The number of amides is 1. The first kappa shape index (κ1) is 16.6. The first-order valence-electron chi connectivity index (χ1n) is 8.96. The zero-order valence-corrected chi connectivity index (χ0v) is 16.0.